The molecule has 4 heteroatoms. The Morgan fingerprint density at radius 3 is 3.06 bits per heavy atom. The van der Waals surface area contributed by atoms with Gasteiger partial charge in [-0.05, 0) is 25.1 Å². The molecule has 82 valence electrons. The first-order valence-corrected chi connectivity index (χ1v) is 4.75. The molecule has 0 spiro atoms. The van der Waals surface area contributed by atoms with Crippen molar-refractivity contribution in [2.75, 3.05) is 6.58 Å². The first-order chi connectivity index (χ1) is 8.06. The van der Waals surface area contributed by atoms with E-state index in [4.69, 9.17) is 11.2 Å². The van der Waals surface area contributed by atoms with Crippen LogP contribution in [-0.2, 0) is 4.79 Å². The van der Waals surface area contributed by atoms with Gasteiger partial charge in [0, 0.05) is 11.5 Å². The number of rotatable bonds is 3. The number of pyridine rings is 1. The Kier molecular flexibility index (Phi) is 2.39. The fraction of sp³-hybridized carbons (Fsp3) is 0.167. The van der Waals surface area contributed by atoms with Crippen molar-refractivity contribution in [1.82, 2.24) is 4.98 Å². The lowest BCUT2D eigenvalue weighted by Gasteiger charge is -2.04. The first kappa shape index (κ1) is 9.15. The van der Waals surface area contributed by atoms with Crippen molar-refractivity contribution in [2.24, 2.45) is 0 Å². The molecule has 0 saturated heterocycles. The number of hydrogen-bond acceptors (Lipinski definition) is 3. The van der Waals surface area contributed by atoms with Crippen LogP contribution in [0.25, 0.3) is 10.9 Å². The van der Waals surface area contributed by atoms with E-state index < -0.39 is 12.6 Å². The van der Waals surface area contributed by atoms with E-state index in [0.29, 0.717) is 5.52 Å². The van der Waals surface area contributed by atoms with E-state index in [9.17, 15) is 4.79 Å². The number of nitrogens with zero attached hydrogens (tertiary/aromatic N) is 1. The quantitative estimate of drug-likeness (QED) is 0.856. The monoisotopic (exact) mass is 218 g/mol. The van der Waals surface area contributed by atoms with Crippen molar-refractivity contribution in [1.29, 1.82) is 0 Å². The van der Waals surface area contributed by atoms with Crippen LogP contribution in [0.5, 0.6) is 5.88 Å². The lowest BCUT2D eigenvalue weighted by Crippen LogP contribution is -2.10. The van der Waals surface area contributed by atoms with Gasteiger partial charge in [-0.1, -0.05) is 11.6 Å². The average molecular weight is 218 g/mol. The van der Waals surface area contributed by atoms with Crippen molar-refractivity contribution in [3.05, 3.63) is 35.9 Å². The van der Waals surface area contributed by atoms with Crippen molar-refractivity contribution in [3.8, 4) is 5.88 Å². The molecule has 0 fully saturated rings. The predicted octanol–water partition coefficient (Wildman–Crippen LogP) is 2.01. The Labute approximate surface area is 93.9 Å². The van der Waals surface area contributed by atoms with Crippen LogP contribution in [0.4, 0.5) is 0 Å². The number of aryl methyl sites for hydroxylation is 1. The molecule has 0 aliphatic rings. The molecule has 0 bridgehead atoms. The average Bonchev–Trinajstić information content (AvgIpc) is 2.29. The number of fused-ring (bicyclic) bond motifs is 1. The van der Waals surface area contributed by atoms with Gasteiger partial charge in [0.15, 0.2) is 6.58 Å². The van der Waals surface area contributed by atoms with Crippen LogP contribution < -0.4 is 4.74 Å². The maximum Gasteiger partial charge on any atom is 0.341 e. The Morgan fingerprint density at radius 2 is 2.31 bits per heavy atom. The lowest BCUT2D eigenvalue weighted by atomic mass is 10.1. The van der Waals surface area contributed by atoms with Gasteiger partial charge in [-0.2, -0.15) is 0 Å². The zero-order valence-corrected chi connectivity index (χ0v) is 8.68. The van der Waals surface area contributed by atoms with Gasteiger partial charge in [-0.25, -0.2) is 9.78 Å². The molecular formula is C12H11NO3. The molecule has 1 N–H and O–H groups in total. The number of carboxylic acids is 1. The van der Waals surface area contributed by atoms with Crippen molar-refractivity contribution in [2.45, 2.75) is 6.92 Å². The number of aliphatic carboxylic acids is 1. The third-order valence-electron chi connectivity index (χ3n) is 2.10. The molecule has 1 atom stereocenters. The number of carbonyl (C=O) groups is 1. The summed E-state index contributed by atoms with van der Waals surface area (Å²) in [4.78, 5) is 14.6. The van der Waals surface area contributed by atoms with E-state index in [2.05, 4.69) is 4.98 Å². The molecule has 1 aromatic carbocycles. The van der Waals surface area contributed by atoms with Crippen molar-refractivity contribution < 1.29 is 16.0 Å². The lowest BCUT2D eigenvalue weighted by molar-refractivity contribution is -0.139. The Hall–Kier alpha value is -2.10. The second-order valence-electron chi connectivity index (χ2n) is 3.42. The largest absolute Gasteiger partial charge is 0.479 e. The van der Waals surface area contributed by atoms with Gasteiger partial charge in [-0.3, -0.25) is 0 Å². The Bertz CT molecular complexity index is 571. The summed E-state index contributed by atoms with van der Waals surface area (Å²) < 4.78 is 12.0. The summed E-state index contributed by atoms with van der Waals surface area (Å²) in [7, 11) is 0. The summed E-state index contributed by atoms with van der Waals surface area (Å²) in [6.07, 6.45) is 0. The van der Waals surface area contributed by atoms with E-state index in [1.165, 1.54) is 0 Å². The first-order valence-electron chi connectivity index (χ1n) is 5.33. The zero-order chi connectivity index (χ0) is 12.4. The van der Waals surface area contributed by atoms with E-state index >= 15 is 0 Å². The van der Waals surface area contributed by atoms with Crippen molar-refractivity contribution >= 4 is 16.9 Å². The molecule has 1 aromatic heterocycles. The molecular weight excluding hydrogens is 206 g/mol. The number of hydrogen-bond donors (Lipinski definition) is 1. The molecule has 0 saturated carbocycles. The fourth-order valence-corrected chi connectivity index (χ4v) is 1.40. The summed E-state index contributed by atoms with van der Waals surface area (Å²) in [5.74, 6) is -1.19. The van der Waals surface area contributed by atoms with Gasteiger partial charge < -0.3 is 9.84 Å². The highest BCUT2D eigenvalue weighted by Crippen LogP contribution is 2.17. The minimum absolute atomic E-state index is 0.142. The van der Waals surface area contributed by atoms with E-state index in [-0.39, 0.29) is 5.88 Å². The van der Waals surface area contributed by atoms with Crippen molar-refractivity contribution in [3.63, 3.8) is 0 Å². The molecule has 16 heavy (non-hydrogen) atoms. The van der Waals surface area contributed by atoms with Gasteiger partial charge in [0.25, 0.3) is 0 Å². The molecule has 1 heterocycles. The van der Waals surface area contributed by atoms with Gasteiger partial charge in [-0.15, -0.1) is 0 Å². The molecule has 0 radical (unpaired) electrons. The van der Waals surface area contributed by atoms with Crippen LogP contribution >= 0.6 is 0 Å². The number of aromatic nitrogens is 1. The maximum atomic E-state index is 10.5. The number of carboxylic acid groups (broad SMARTS) is 1. The SMILES string of the molecule is [2H]C(Oc1ccc2cc(C)ccc2n1)C(=O)O. The number of ether oxygens (including phenoxy) is 1. The molecule has 4 nitrogen and oxygen atoms in total. The third kappa shape index (κ3) is 2.28. The maximum absolute atomic E-state index is 10.5. The van der Waals surface area contributed by atoms with Crippen LogP contribution in [0.15, 0.2) is 30.3 Å². The number of benzene rings is 1. The summed E-state index contributed by atoms with van der Waals surface area (Å²) in [5.41, 5.74) is 1.84. The highest BCUT2D eigenvalue weighted by Gasteiger charge is 2.02. The normalized spacial score (nSPS) is 13.2. The van der Waals surface area contributed by atoms with Gasteiger partial charge in [0.2, 0.25) is 5.88 Å². The molecule has 0 aliphatic carbocycles. The van der Waals surface area contributed by atoms with Gasteiger partial charge >= 0.3 is 5.97 Å². The van der Waals surface area contributed by atoms with Crippen LogP contribution in [0.1, 0.15) is 6.93 Å². The highest BCUT2D eigenvalue weighted by atomic mass is 16.5. The van der Waals surface area contributed by atoms with Gasteiger partial charge in [0.05, 0.1) is 6.89 Å². The van der Waals surface area contributed by atoms with E-state index in [1.54, 1.807) is 12.1 Å². The second-order valence-corrected chi connectivity index (χ2v) is 3.42. The minimum atomic E-state index is -1.65. The summed E-state index contributed by atoms with van der Waals surface area (Å²) in [6, 6.07) is 9.07. The van der Waals surface area contributed by atoms with E-state index in [1.807, 2.05) is 25.1 Å². The predicted molar refractivity (Wildman–Crippen MR) is 59.6 cm³/mol. The summed E-state index contributed by atoms with van der Waals surface area (Å²) in [5, 5.41) is 9.51. The van der Waals surface area contributed by atoms with E-state index in [0.717, 1.165) is 10.9 Å². The summed E-state index contributed by atoms with van der Waals surface area (Å²) in [6.45, 7) is 0.332. The highest BCUT2D eigenvalue weighted by molar-refractivity contribution is 5.79. The standard InChI is InChI=1S/C12H11NO3/c1-8-2-4-10-9(6-8)3-5-11(13-10)16-7-12(14)15/h2-6H,7H2,1H3,(H,14,15)/i7D. The second kappa shape index (κ2) is 4.18. The smallest absolute Gasteiger partial charge is 0.341 e. The molecule has 2 rings (SSSR count). The molecule has 1 unspecified atom stereocenters. The molecule has 2 aromatic rings. The van der Waals surface area contributed by atoms with Gasteiger partial charge in [0.1, 0.15) is 0 Å². The Balaban J connectivity index is 2.32. The van der Waals surface area contributed by atoms with Crippen LogP contribution in [0.3, 0.4) is 0 Å². The minimum Gasteiger partial charge on any atom is -0.479 e. The van der Waals surface area contributed by atoms with Crippen LogP contribution in [0, 0.1) is 6.92 Å². The molecule has 0 aliphatic heterocycles. The zero-order valence-electron chi connectivity index (χ0n) is 9.68. The van der Waals surface area contributed by atoms with Crippen LogP contribution in [0.2, 0.25) is 0 Å². The molecule has 0 amide bonds. The third-order valence-corrected chi connectivity index (χ3v) is 2.10. The topological polar surface area (TPSA) is 59.4 Å². The summed E-state index contributed by atoms with van der Waals surface area (Å²) >= 11 is 0. The fourth-order valence-electron chi connectivity index (χ4n) is 1.40. The van der Waals surface area contributed by atoms with Crippen LogP contribution in [-0.4, -0.2) is 22.6 Å². The Morgan fingerprint density at radius 1 is 1.50 bits per heavy atom.